The number of imidazole rings is 6. The van der Waals surface area contributed by atoms with Gasteiger partial charge < -0.3 is 108 Å². The second kappa shape index (κ2) is 47.1. The summed E-state index contributed by atoms with van der Waals surface area (Å²) in [6.07, 6.45) is 42.6. The lowest BCUT2D eigenvalue weighted by molar-refractivity contribution is -0.0496. The summed E-state index contributed by atoms with van der Waals surface area (Å²) < 4.78 is 52.6. The first-order valence-corrected chi connectivity index (χ1v) is 68.5. The molecule has 0 saturated carbocycles. The molecular weight excluding hydrogens is 2140 g/mol. The minimum atomic E-state index is -1.23. The van der Waals surface area contributed by atoms with Crippen molar-refractivity contribution in [1.29, 1.82) is 0 Å². The number of halogens is 2. The lowest BCUT2D eigenvalue weighted by atomic mass is 10.0. The highest BCUT2D eigenvalue weighted by atomic mass is 127. The van der Waals surface area contributed by atoms with Gasteiger partial charge in [-0.05, 0) is 186 Å². The van der Waals surface area contributed by atoms with Crippen LogP contribution in [0.4, 0.5) is 34.4 Å². The van der Waals surface area contributed by atoms with Gasteiger partial charge in [0, 0.05) is 50.7 Å². The van der Waals surface area contributed by atoms with Gasteiger partial charge >= 0.3 is 0 Å². The fourth-order valence-corrected chi connectivity index (χ4v) is 25.3. The van der Waals surface area contributed by atoms with Gasteiger partial charge in [0.2, 0.25) is 0 Å². The largest absolute Gasteiger partial charge is 0.397 e. The van der Waals surface area contributed by atoms with Crippen LogP contribution in [0.25, 0.3) is 67.0 Å². The number of fused-ring (bicyclic) bond motifs is 6. The summed E-state index contributed by atoms with van der Waals surface area (Å²) in [7, 11) is 1.58. The number of aliphatic hydroxyl groups is 8. The molecule has 6 saturated heterocycles. The number of aryl methyl sites for hydroxylation is 2. The minimum Gasteiger partial charge on any atom is -0.397 e. The van der Waals surface area contributed by atoms with Crippen molar-refractivity contribution in [3.63, 3.8) is 0 Å². The Kier molecular flexibility index (Phi) is 37.3. The Morgan fingerprint density at radius 3 is 0.979 bits per heavy atom. The number of aliphatic hydroxyl groups excluding tert-OH is 8. The van der Waals surface area contributed by atoms with Crippen molar-refractivity contribution in [3.05, 3.63) is 98.7 Å². The van der Waals surface area contributed by atoms with E-state index in [0.717, 1.165) is 69.1 Å². The van der Waals surface area contributed by atoms with Crippen LogP contribution in [-0.2, 0) is 46.0 Å². The Bertz CT molecular complexity index is 6430. The molecule has 6 fully saturated rings. The third kappa shape index (κ3) is 27.2. The molecule has 12 aromatic heterocycles. The fourth-order valence-electron chi connectivity index (χ4n) is 17.9. The van der Waals surface area contributed by atoms with Gasteiger partial charge in [0.1, 0.15) is 87.6 Å². The van der Waals surface area contributed by atoms with Crippen molar-refractivity contribution in [2.24, 2.45) is 5.92 Å². The Labute approximate surface area is 863 Å². The Morgan fingerprint density at radius 1 is 0.347 bits per heavy atom. The molecule has 24 atom stereocenters. The van der Waals surface area contributed by atoms with Gasteiger partial charge in [0.05, 0.1) is 124 Å². The van der Waals surface area contributed by atoms with Gasteiger partial charge in [0.25, 0.3) is 0 Å². The number of alkyl halides is 2. The maximum absolute atomic E-state index is 10.6. The summed E-state index contributed by atoms with van der Waals surface area (Å²) in [4.78, 5) is 60.5. The summed E-state index contributed by atoms with van der Waals surface area (Å²) in [5, 5.41) is 84.0. The lowest BCUT2D eigenvalue weighted by Gasteiger charge is -2.20. The average molecular weight is 2290 g/mol. The van der Waals surface area contributed by atoms with Crippen LogP contribution in [-0.4, -0.2) is 400 Å². The first-order valence-electron chi connectivity index (χ1n) is 48.1. The number of hydrogen-bond acceptors (Lipinski definition) is 35. The van der Waals surface area contributed by atoms with E-state index < -0.39 is 127 Å². The number of nitrogen functional groups attached to an aromatic ring is 6. The molecule has 6 aliphatic rings. The number of nitrogens with zero attached hydrogens (tertiary/aromatic N) is 20. The van der Waals surface area contributed by atoms with Crippen LogP contribution in [0.3, 0.4) is 0 Å². The average Bonchev–Trinajstić information content (AvgIpc) is 1.65. The van der Waals surface area contributed by atoms with Gasteiger partial charge in [0.15, 0.2) is 76.7 Å². The van der Waals surface area contributed by atoms with E-state index in [1.54, 1.807) is 95.2 Å². The Hall–Kier alpha value is -7.21. The number of methoxy groups -OCH3 is 1. The summed E-state index contributed by atoms with van der Waals surface area (Å²) in [5.74, 6) is 1.80. The maximum Gasteiger partial charge on any atom is 0.167 e. The minimum absolute atomic E-state index is 0.0353. The van der Waals surface area contributed by atoms with Gasteiger partial charge in [-0.2, -0.15) is 0 Å². The smallest absolute Gasteiger partial charge is 0.167 e. The van der Waals surface area contributed by atoms with E-state index in [9.17, 15) is 40.9 Å². The second-order valence-electron chi connectivity index (χ2n) is 42.2. The molecule has 12 aromatic rings. The third-order valence-corrected chi connectivity index (χ3v) is 37.2. The molecule has 41 nitrogen and oxygen atoms in total. The second-order valence-corrected chi connectivity index (χ2v) is 70.6. The summed E-state index contributed by atoms with van der Waals surface area (Å²) in [5.41, 5.74) is 45.3. The van der Waals surface area contributed by atoms with E-state index in [1.807, 2.05) is 34.5 Å². The molecule has 49 heteroatoms. The first kappa shape index (κ1) is 114. The standard InChI is InChI=1S/C17H28N5O3P.C16H26N5O3P.C16H25N4O3P.C16H25N4O2P.C15H22BrN4O2P.C15H22IN4O2P/c1-5-6-11-20-15(18)12-16(21-11)22(9-19-12)17-14(24)13(23)10(25-17)7-8-26(2,3)4;1-5-10-19-14(17)11-15(20-10)21(8-18-11)16-13(23)12(22)9(24-16)6-7-25(2,3)4;1-22-14-13(21)11(6-8-24(2,3)4)23-16(14)20-9-19-12-10(17)5-7-18-15(12)20;1-10-14(21)12(6-8-23(2,3)4)22-16(10)20-9-19-13-11(17)5-7-18-15(13)20;2*1-23(2,3)7-5-10-13(21)11(16)15(22-10)20-8-19-12-9(17)4-6-18-14(12)20/h9-10,13-14,17,23-24H,2,5-8H2,1,3-4H3,(H2,18,20,21);8-9,12-13,16,22-23H,2,5-7H2,1,3-4H3,(H2,17,19,20);5,7,9,11,13-14,16,21H,2,6,8H2,1,3-4H3,(H2,17,18);5,7,9-10,12,14,16,21H,2,6,8H2,1,3-4H3,(H2,17,18);2*4,6,8,10-11,13,15,21H,1,5,7H2,2-3H3,(H2,17,18)/t10-,13-,14-,17?;9-,12-,13-,16?;11-,13-,14-,16?;10-,12-,14+,16?;2*10-,11-,13-,15?/m111111/s1. The predicted octanol–water partition coefficient (Wildman–Crippen LogP) is 9.47. The SMILES string of the molecule is C=P(C)(C)CC[C@H]1OC(n2cnc3c(N)ccnc32)[C@H](Br)[C@@H]1O.C=P(C)(C)CC[C@H]1OC(n2cnc3c(N)ccnc32)[C@H](C)[C@@H]1O.C=P(C)(C)CC[C@H]1OC(n2cnc3c(N)ccnc32)[C@H](I)[C@@H]1O.C=P(C)(C)CC[C@H]1OC(n2cnc3c(N)ccnc32)[C@H](OC)[C@@H]1O.C=P(C)(C)CC[C@H]1OC(n2cnc3c(N)nc(CC)nc32)[C@H](O)[C@@H]1O.C=P(C)(C)CC[C@H]1OC(n2cnc3c(N)nc(CCC)nc32)[C@H](O)[C@@H]1O. The topological polar surface area (TPSA) is 593 Å². The molecule has 0 bridgehead atoms. The quantitative estimate of drug-likeness (QED) is 0.0123. The number of hydrogen-bond donors (Lipinski definition) is 14. The molecule has 0 aromatic carbocycles. The van der Waals surface area contributed by atoms with Crippen molar-refractivity contribution in [2.75, 3.05) is 158 Å². The normalized spacial score (nSPS) is 27.8. The monoisotopic (exact) mass is 2280 g/mol. The highest BCUT2D eigenvalue weighted by molar-refractivity contribution is 14.1. The van der Waals surface area contributed by atoms with E-state index in [2.05, 4.69) is 226 Å². The molecule has 792 valence electrons. The van der Waals surface area contributed by atoms with Crippen LogP contribution in [0.2, 0.25) is 0 Å². The van der Waals surface area contributed by atoms with Crippen LogP contribution < -0.4 is 34.4 Å². The number of anilines is 6. The van der Waals surface area contributed by atoms with Crippen molar-refractivity contribution >= 4 is 219 Å². The van der Waals surface area contributed by atoms with E-state index in [1.165, 1.54) is 12.7 Å². The third-order valence-electron chi connectivity index (χ3n) is 26.0. The van der Waals surface area contributed by atoms with E-state index in [-0.39, 0.29) is 57.8 Å². The van der Waals surface area contributed by atoms with Crippen molar-refractivity contribution in [1.82, 2.24) is 97.2 Å². The molecule has 6 aliphatic heterocycles. The molecule has 144 heavy (non-hydrogen) atoms. The Balaban J connectivity index is 0.000000145. The van der Waals surface area contributed by atoms with Gasteiger partial charge in [-0.25, -0.2) is 69.8 Å². The Morgan fingerprint density at radius 2 is 0.625 bits per heavy atom. The van der Waals surface area contributed by atoms with Crippen LogP contribution in [0, 0.1) is 5.92 Å². The van der Waals surface area contributed by atoms with Crippen molar-refractivity contribution < 1.29 is 74.0 Å². The summed E-state index contributed by atoms with van der Waals surface area (Å²) in [6.45, 7) is 25.0. The van der Waals surface area contributed by atoms with Crippen LogP contribution >= 0.6 is 79.8 Å². The van der Waals surface area contributed by atoms with E-state index >= 15 is 0 Å². The molecule has 0 radical (unpaired) electrons. The van der Waals surface area contributed by atoms with Gasteiger partial charge in [-0.15, -0.1) is 79.1 Å². The molecule has 0 spiro atoms. The van der Waals surface area contributed by atoms with Gasteiger partial charge in [-0.3, -0.25) is 27.4 Å². The molecule has 18 rings (SSSR count). The highest BCUT2D eigenvalue weighted by Crippen LogP contribution is 2.49. The number of nitrogens with two attached hydrogens (primary N) is 6. The first-order chi connectivity index (χ1) is 67.6. The zero-order chi connectivity index (χ0) is 105. The molecule has 6 unspecified atom stereocenters. The fraction of sp³-hybridized carbons (Fsp3) is 0.579. The number of rotatable bonds is 28. The summed E-state index contributed by atoms with van der Waals surface area (Å²) >= 11 is 5.82. The van der Waals surface area contributed by atoms with Gasteiger partial charge in [-0.1, -0.05) is 59.3 Å². The highest BCUT2D eigenvalue weighted by Gasteiger charge is 2.51. The van der Waals surface area contributed by atoms with Crippen LogP contribution in [0.15, 0.2) is 87.0 Å². The lowest BCUT2D eigenvalue weighted by Crippen LogP contribution is -2.33. The zero-order valence-electron chi connectivity index (χ0n) is 85.1. The molecule has 20 N–H and O–H groups in total. The molecular formula is C95H148BrIN26O15P6. The number of aromatic nitrogens is 20. The van der Waals surface area contributed by atoms with Crippen LogP contribution in [0.1, 0.15) is 115 Å². The van der Waals surface area contributed by atoms with Crippen molar-refractivity contribution in [2.45, 2.75) is 216 Å². The maximum atomic E-state index is 10.6. The van der Waals surface area contributed by atoms with Crippen LogP contribution in [0.5, 0.6) is 0 Å². The predicted molar refractivity (Wildman–Crippen MR) is 605 cm³/mol. The van der Waals surface area contributed by atoms with Crippen molar-refractivity contribution in [3.8, 4) is 0 Å². The number of ether oxygens (including phenoxy) is 7. The summed E-state index contributed by atoms with van der Waals surface area (Å²) in [6, 6.07) is 6.89. The molecule has 0 aliphatic carbocycles. The van der Waals surface area contributed by atoms with E-state index in [0.29, 0.717) is 139 Å². The number of pyridine rings is 4. The van der Waals surface area contributed by atoms with E-state index in [4.69, 9.17) is 67.6 Å². The molecule has 18 heterocycles. The zero-order valence-corrected chi connectivity index (χ0v) is 94.2. The molecule has 0 amide bonds.